The van der Waals surface area contributed by atoms with Gasteiger partial charge in [0.15, 0.2) is 0 Å². The molecule has 0 heterocycles. The molecule has 0 aromatic heterocycles. The van der Waals surface area contributed by atoms with Gasteiger partial charge in [-0.25, -0.2) is 0 Å². The third kappa shape index (κ3) is 5.06. The van der Waals surface area contributed by atoms with E-state index in [0.717, 1.165) is 31.4 Å². The van der Waals surface area contributed by atoms with Crippen molar-refractivity contribution in [3.8, 4) is 0 Å². The van der Waals surface area contributed by atoms with Gasteiger partial charge < -0.3 is 5.32 Å². The summed E-state index contributed by atoms with van der Waals surface area (Å²) < 4.78 is 0. The maximum atomic E-state index is 12.9. The van der Waals surface area contributed by atoms with Gasteiger partial charge in [0.05, 0.1) is 5.92 Å². The van der Waals surface area contributed by atoms with Crippen LogP contribution in [0.1, 0.15) is 39.5 Å². The summed E-state index contributed by atoms with van der Waals surface area (Å²) in [5.74, 6) is 0.342. The number of carbonyl (C=O) groups is 1. The number of nitrogens with one attached hydrogen (secondary N) is 1. The van der Waals surface area contributed by atoms with E-state index in [1.807, 2.05) is 50.3 Å². The van der Waals surface area contributed by atoms with Crippen molar-refractivity contribution in [2.75, 3.05) is 5.32 Å². The van der Waals surface area contributed by atoms with Gasteiger partial charge in [0.25, 0.3) is 0 Å². The van der Waals surface area contributed by atoms with Crippen molar-refractivity contribution >= 4 is 11.6 Å². The Hall–Kier alpha value is -2.35. The normalized spacial score (nSPS) is 20.3. The van der Waals surface area contributed by atoms with Crippen molar-refractivity contribution in [2.45, 2.75) is 39.5 Å². The lowest BCUT2D eigenvalue weighted by molar-refractivity contribution is -0.118. The van der Waals surface area contributed by atoms with Crippen LogP contribution >= 0.6 is 0 Å². The standard InChI is InChI=1S/C23H29NO/c1-4-7-12-19(13-8-5-2)22-18(6-3)16-17-21(22)23(25)24-20-14-10-9-11-15-20/h4-11,14-15,18,21H,3,12-13,16-17H2,1-2H3,(H,24,25)/b7-4+,8-5+. The van der Waals surface area contributed by atoms with Crippen LogP contribution in [0.5, 0.6) is 0 Å². The zero-order valence-corrected chi connectivity index (χ0v) is 15.4. The van der Waals surface area contributed by atoms with Gasteiger partial charge in [-0.1, -0.05) is 59.7 Å². The van der Waals surface area contributed by atoms with Gasteiger partial charge in [-0.3, -0.25) is 4.79 Å². The second-order valence-corrected chi connectivity index (χ2v) is 6.43. The Morgan fingerprint density at radius 3 is 2.32 bits per heavy atom. The van der Waals surface area contributed by atoms with Gasteiger partial charge in [-0.15, -0.1) is 6.58 Å². The third-order valence-electron chi connectivity index (χ3n) is 4.79. The molecule has 1 fully saturated rings. The van der Waals surface area contributed by atoms with Crippen molar-refractivity contribution < 1.29 is 4.79 Å². The number of rotatable bonds is 7. The van der Waals surface area contributed by atoms with Gasteiger partial charge in [-0.05, 0) is 57.6 Å². The highest BCUT2D eigenvalue weighted by molar-refractivity contribution is 5.95. The predicted octanol–water partition coefficient (Wildman–Crippen LogP) is 6.07. The highest BCUT2D eigenvalue weighted by Gasteiger charge is 2.35. The Balaban J connectivity index is 2.32. The molecule has 1 aromatic carbocycles. The van der Waals surface area contributed by atoms with Crippen LogP contribution in [0, 0.1) is 11.8 Å². The van der Waals surface area contributed by atoms with E-state index in [9.17, 15) is 4.79 Å². The number of hydrogen-bond donors (Lipinski definition) is 1. The van der Waals surface area contributed by atoms with Crippen LogP contribution < -0.4 is 5.32 Å². The average Bonchev–Trinajstić information content (AvgIpc) is 3.07. The Bertz CT molecular complexity index is 651. The number of anilines is 1. The zero-order valence-electron chi connectivity index (χ0n) is 15.4. The molecule has 0 radical (unpaired) electrons. The maximum Gasteiger partial charge on any atom is 0.231 e. The first-order chi connectivity index (χ1) is 12.2. The molecular formula is C23H29NO. The van der Waals surface area contributed by atoms with E-state index in [2.05, 4.69) is 36.2 Å². The lowest BCUT2D eigenvalue weighted by Gasteiger charge is -2.19. The van der Waals surface area contributed by atoms with E-state index in [0.29, 0.717) is 5.92 Å². The molecule has 132 valence electrons. The molecule has 0 spiro atoms. The molecule has 0 aliphatic heterocycles. The molecule has 1 saturated carbocycles. The van der Waals surface area contributed by atoms with Crippen molar-refractivity contribution in [2.24, 2.45) is 11.8 Å². The molecule has 1 N–H and O–H groups in total. The van der Waals surface area contributed by atoms with Gasteiger partial charge in [0.2, 0.25) is 5.91 Å². The molecular weight excluding hydrogens is 306 g/mol. The lowest BCUT2D eigenvalue weighted by Crippen LogP contribution is -2.23. The van der Waals surface area contributed by atoms with Crippen LogP contribution in [0.3, 0.4) is 0 Å². The molecule has 1 aliphatic rings. The summed E-state index contributed by atoms with van der Waals surface area (Å²) in [6.07, 6.45) is 14.2. The van der Waals surface area contributed by atoms with Gasteiger partial charge in [0, 0.05) is 5.69 Å². The van der Waals surface area contributed by atoms with Crippen molar-refractivity contribution in [3.05, 3.63) is 78.4 Å². The van der Waals surface area contributed by atoms with E-state index in [4.69, 9.17) is 0 Å². The van der Waals surface area contributed by atoms with E-state index in [1.165, 1.54) is 11.1 Å². The summed E-state index contributed by atoms with van der Waals surface area (Å²) in [6.45, 7) is 8.09. The van der Waals surface area contributed by atoms with Crippen molar-refractivity contribution in [1.29, 1.82) is 0 Å². The molecule has 0 saturated heterocycles. The molecule has 2 unspecified atom stereocenters. The molecule has 1 aromatic rings. The summed E-state index contributed by atoms with van der Waals surface area (Å²) in [4.78, 5) is 12.9. The minimum atomic E-state index is -0.0614. The minimum Gasteiger partial charge on any atom is -0.326 e. The Morgan fingerprint density at radius 2 is 1.76 bits per heavy atom. The molecule has 2 heteroatoms. The van der Waals surface area contributed by atoms with Gasteiger partial charge in [-0.2, -0.15) is 0 Å². The van der Waals surface area contributed by atoms with Crippen LogP contribution in [0.25, 0.3) is 0 Å². The summed E-state index contributed by atoms with van der Waals surface area (Å²) >= 11 is 0. The van der Waals surface area contributed by atoms with E-state index < -0.39 is 0 Å². The van der Waals surface area contributed by atoms with Gasteiger partial charge >= 0.3 is 0 Å². The summed E-state index contributed by atoms with van der Waals surface area (Å²) in [5, 5.41) is 3.08. The Labute approximate surface area is 152 Å². The molecule has 1 amide bonds. The highest BCUT2D eigenvalue weighted by Crippen LogP contribution is 2.41. The van der Waals surface area contributed by atoms with Crippen LogP contribution in [0.15, 0.2) is 78.4 Å². The fraction of sp³-hybridized carbons (Fsp3) is 0.348. The Kier molecular flexibility index (Phi) is 7.46. The van der Waals surface area contributed by atoms with Gasteiger partial charge in [0.1, 0.15) is 0 Å². The number of hydrogen-bond acceptors (Lipinski definition) is 1. The molecule has 0 bridgehead atoms. The number of amides is 1. The monoisotopic (exact) mass is 335 g/mol. The summed E-state index contributed by atoms with van der Waals surface area (Å²) in [6, 6.07) is 9.70. The van der Waals surface area contributed by atoms with Crippen LogP contribution in [0.2, 0.25) is 0 Å². The number of allylic oxidation sites excluding steroid dienone is 6. The van der Waals surface area contributed by atoms with E-state index in [-0.39, 0.29) is 11.8 Å². The summed E-state index contributed by atoms with van der Waals surface area (Å²) in [5.41, 5.74) is 3.49. The first kappa shape index (κ1) is 19.0. The second kappa shape index (κ2) is 9.83. The third-order valence-corrected chi connectivity index (χ3v) is 4.79. The van der Waals surface area contributed by atoms with Crippen molar-refractivity contribution in [1.82, 2.24) is 0 Å². The first-order valence-electron chi connectivity index (χ1n) is 9.13. The lowest BCUT2D eigenvalue weighted by atomic mass is 9.87. The van der Waals surface area contributed by atoms with Crippen LogP contribution in [-0.4, -0.2) is 5.91 Å². The smallest absolute Gasteiger partial charge is 0.231 e. The molecule has 2 nitrogen and oxygen atoms in total. The van der Waals surface area contributed by atoms with Crippen LogP contribution in [-0.2, 0) is 4.79 Å². The maximum absolute atomic E-state index is 12.9. The fourth-order valence-corrected chi connectivity index (χ4v) is 3.53. The largest absolute Gasteiger partial charge is 0.326 e. The summed E-state index contributed by atoms with van der Waals surface area (Å²) in [7, 11) is 0. The molecule has 1 aliphatic carbocycles. The topological polar surface area (TPSA) is 29.1 Å². The molecule has 25 heavy (non-hydrogen) atoms. The van der Waals surface area contributed by atoms with E-state index in [1.54, 1.807) is 0 Å². The quantitative estimate of drug-likeness (QED) is 0.602. The number of para-hydroxylation sites is 1. The predicted molar refractivity (Wildman–Crippen MR) is 107 cm³/mol. The SMILES string of the molecule is C=CC1CCC(C(=O)Nc2ccccc2)C1=C(C/C=C/C)C/C=C/C. The average molecular weight is 335 g/mol. The minimum absolute atomic E-state index is 0.0614. The molecule has 2 rings (SSSR count). The molecule has 2 atom stereocenters. The van der Waals surface area contributed by atoms with Crippen LogP contribution in [0.4, 0.5) is 5.69 Å². The number of carbonyl (C=O) groups excluding carboxylic acids is 1. The second-order valence-electron chi connectivity index (χ2n) is 6.43. The Morgan fingerprint density at radius 1 is 1.12 bits per heavy atom. The van der Waals surface area contributed by atoms with Crippen molar-refractivity contribution in [3.63, 3.8) is 0 Å². The fourth-order valence-electron chi connectivity index (χ4n) is 3.53. The van der Waals surface area contributed by atoms with E-state index >= 15 is 0 Å². The number of benzene rings is 1. The first-order valence-corrected chi connectivity index (χ1v) is 9.13. The zero-order chi connectivity index (χ0) is 18.1. The highest BCUT2D eigenvalue weighted by atomic mass is 16.1.